The Balaban J connectivity index is 1.61. The van der Waals surface area contributed by atoms with Crippen LogP contribution in [0, 0.1) is 5.82 Å². The predicted octanol–water partition coefficient (Wildman–Crippen LogP) is 3.46. The first-order chi connectivity index (χ1) is 14.9. The minimum atomic E-state index is -3.79. The molecular formula is C23H23FN2O4S. The number of para-hydroxylation sites is 1. The van der Waals surface area contributed by atoms with Crippen molar-refractivity contribution in [3.8, 4) is 5.75 Å². The second-order valence-electron chi connectivity index (χ2n) is 6.84. The van der Waals surface area contributed by atoms with Crippen LogP contribution in [0.1, 0.15) is 15.9 Å². The van der Waals surface area contributed by atoms with Crippen molar-refractivity contribution < 1.29 is 22.3 Å². The maximum Gasteiger partial charge on any atom is 0.253 e. The van der Waals surface area contributed by atoms with E-state index in [1.54, 1.807) is 25.2 Å². The highest BCUT2D eigenvalue weighted by Gasteiger charge is 2.18. The number of carbonyl (C=O) groups excluding carboxylic acids is 1. The molecule has 31 heavy (non-hydrogen) atoms. The predicted molar refractivity (Wildman–Crippen MR) is 116 cm³/mol. The van der Waals surface area contributed by atoms with Crippen molar-refractivity contribution in [3.05, 3.63) is 95.8 Å². The molecule has 0 unspecified atom stereocenters. The molecule has 3 aromatic rings. The lowest BCUT2D eigenvalue weighted by atomic mass is 10.2. The van der Waals surface area contributed by atoms with Crippen LogP contribution in [0.5, 0.6) is 5.75 Å². The number of sulfonamides is 1. The second kappa shape index (κ2) is 10.2. The van der Waals surface area contributed by atoms with Gasteiger partial charge in [-0.2, -0.15) is 0 Å². The smallest absolute Gasteiger partial charge is 0.253 e. The molecule has 0 radical (unpaired) electrons. The molecule has 6 nitrogen and oxygen atoms in total. The number of benzene rings is 3. The van der Waals surface area contributed by atoms with Crippen LogP contribution in [-0.2, 0) is 16.6 Å². The van der Waals surface area contributed by atoms with Crippen LogP contribution in [0.15, 0.2) is 83.8 Å². The summed E-state index contributed by atoms with van der Waals surface area (Å²) >= 11 is 0. The third-order valence-electron chi connectivity index (χ3n) is 4.57. The van der Waals surface area contributed by atoms with Gasteiger partial charge in [0.05, 0.1) is 11.4 Å². The van der Waals surface area contributed by atoms with Crippen molar-refractivity contribution in [1.29, 1.82) is 0 Å². The molecule has 162 valence electrons. The van der Waals surface area contributed by atoms with Crippen LogP contribution < -0.4 is 9.46 Å². The zero-order valence-corrected chi connectivity index (χ0v) is 17.8. The zero-order chi connectivity index (χ0) is 22.3. The molecule has 1 N–H and O–H groups in total. The van der Waals surface area contributed by atoms with E-state index >= 15 is 0 Å². The van der Waals surface area contributed by atoms with Gasteiger partial charge in [-0.15, -0.1) is 0 Å². The van der Waals surface area contributed by atoms with Gasteiger partial charge in [-0.25, -0.2) is 17.5 Å². The van der Waals surface area contributed by atoms with E-state index in [2.05, 4.69) is 4.72 Å². The molecule has 0 aromatic heterocycles. The quantitative estimate of drug-likeness (QED) is 0.551. The summed E-state index contributed by atoms with van der Waals surface area (Å²) in [6.07, 6.45) is 0. The van der Waals surface area contributed by atoms with E-state index in [0.29, 0.717) is 0 Å². The van der Waals surface area contributed by atoms with Gasteiger partial charge in [0.15, 0.2) is 11.6 Å². The Kier molecular flexibility index (Phi) is 7.38. The summed E-state index contributed by atoms with van der Waals surface area (Å²) in [7, 11) is -2.21. The van der Waals surface area contributed by atoms with Gasteiger partial charge < -0.3 is 9.64 Å². The van der Waals surface area contributed by atoms with Crippen LogP contribution in [-0.4, -0.2) is 39.4 Å². The maximum atomic E-state index is 13.6. The third-order valence-corrected chi connectivity index (χ3v) is 5.97. The lowest BCUT2D eigenvalue weighted by Gasteiger charge is -2.18. The van der Waals surface area contributed by atoms with E-state index in [9.17, 15) is 17.6 Å². The summed E-state index contributed by atoms with van der Waals surface area (Å²) in [5, 5.41) is 0. The fourth-order valence-electron chi connectivity index (χ4n) is 2.83. The van der Waals surface area contributed by atoms with E-state index in [4.69, 9.17) is 4.74 Å². The molecule has 1 amide bonds. The number of hydrogen-bond acceptors (Lipinski definition) is 4. The Morgan fingerprint density at radius 1 is 1.00 bits per heavy atom. The topological polar surface area (TPSA) is 75.7 Å². The number of carbonyl (C=O) groups is 1. The molecule has 0 aliphatic carbocycles. The van der Waals surface area contributed by atoms with Crippen molar-refractivity contribution >= 4 is 15.9 Å². The molecule has 0 saturated heterocycles. The fraction of sp³-hybridized carbons (Fsp3) is 0.174. The van der Waals surface area contributed by atoms with Crippen LogP contribution in [0.25, 0.3) is 0 Å². The third kappa shape index (κ3) is 6.13. The summed E-state index contributed by atoms with van der Waals surface area (Å²) in [4.78, 5) is 14.1. The lowest BCUT2D eigenvalue weighted by molar-refractivity contribution is 0.0772. The van der Waals surface area contributed by atoms with Gasteiger partial charge in [0.2, 0.25) is 10.0 Å². The Labute approximate surface area is 181 Å². The summed E-state index contributed by atoms with van der Waals surface area (Å²) in [5.74, 6) is -0.726. The standard InChI is InChI=1S/C23H23FN2O4S/c1-26(14-15-30-22-13-6-5-12-21(22)24)23(27)19-10-7-11-20(16-19)31(28,29)25-17-18-8-3-2-4-9-18/h2-13,16,25H,14-15,17H2,1H3. The number of ether oxygens (including phenoxy) is 1. The van der Waals surface area contributed by atoms with Gasteiger partial charge in [-0.3, -0.25) is 4.79 Å². The van der Waals surface area contributed by atoms with Crippen molar-refractivity contribution in [3.63, 3.8) is 0 Å². The molecule has 0 saturated carbocycles. The number of nitrogens with zero attached hydrogens (tertiary/aromatic N) is 1. The van der Waals surface area contributed by atoms with E-state index in [-0.39, 0.29) is 41.8 Å². The molecule has 8 heteroatoms. The van der Waals surface area contributed by atoms with Crippen molar-refractivity contribution in [2.24, 2.45) is 0 Å². The first-order valence-electron chi connectivity index (χ1n) is 9.63. The Morgan fingerprint density at radius 3 is 2.45 bits per heavy atom. The molecule has 0 aliphatic rings. The van der Waals surface area contributed by atoms with Gasteiger partial charge in [0.1, 0.15) is 6.61 Å². The molecular weight excluding hydrogens is 419 g/mol. The van der Waals surface area contributed by atoms with Gasteiger partial charge in [-0.05, 0) is 35.9 Å². The van der Waals surface area contributed by atoms with Gasteiger partial charge in [-0.1, -0.05) is 48.5 Å². The monoisotopic (exact) mass is 442 g/mol. The summed E-state index contributed by atoms with van der Waals surface area (Å²) in [5.41, 5.74) is 1.06. The van der Waals surface area contributed by atoms with Crippen molar-refractivity contribution in [2.45, 2.75) is 11.4 Å². The molecule has 0 bridgehead atoms. The van der Waals surface area contributed by atoms with Crippen LogP contribution in [0.2, 0.25) is 0 Å². The van der Waals surface area contributed by atoms with Gasteiger partial charge >= 0.3 is 0 Å². The number of amides is 1. The van der Waals surface area contributed by atoms with Crippen molar-refractivity contribution in [2.75, 3.05) is 20.2 Å². The Bertz CT molecular complexity index is 1140. The first-order valence-corrected chi connectivity index (χ1v) is 11.1. The molecule has 0 spiro atoms. The van der Waals surface area contributed by atoms with E-state index < -0.39 is 15.8 Å². The largest absolute Gasteiger partial charge is 0.489 e. The SMILES string of the molecule is CN(CCOc1ccccc1F)C(=O)c1cccc(S(=O)(=O)NCc2ccccc2)c1. The normalized spacial score (nSPS) is 11.2. The molecule has 3 rings (SSSR count). The highest BCUT2D eigenvalue weighted by Crippen LogP contribution is 2.16. The van der Waals surface area contributed by atoms with E-state index in [1.807, 2.05) is 30.3 Å². The molecule has 0 heterocycles. The van der Waals surface area contributed by atoms with Crippen LogP contribution in [0.4, 0.5) is 4.39 Å². The van der Waals surface area contributed by atoms with Crippen LogP contribution in [0.3, 0.4) is 0 Å². The number of halogens is 1. The molecule has 0 atom stereocenters. The average Bonchev–Trinajstić information content (AvgIpc) is 2.79. The van der Waals surface area contributed by atoms with Crippen molar-refractivity contribution in [1.82, 2.24) is 9.62 Å². The number of likely N-dealkylation sites (N-methyl/N-ethyl adjacent to an activating group) is 1. The van der Waals surface area contributed by atoms with E-state index in [1.165, 1.54) is 35.2 Å². The summed E-state index contributed by atoms with van der Waals surface area (Å²) < 4.78 is 46.7. The van der Waals surface area contributed by atoms with Gasteiger partial charge in [0.25, 0.3) is 5.91 Å². The van der Waals surface area contributed by atoms with Gasteiger partial charge in [0, 0.05) is 19.2 Å². The minimum Gasteiger partial charge on any atom is -0.489 e. The number of nitrogens with one attached hydrogen (secondary N) is 1. The Morgan fingerprint density at radius 2 is 1.71 bits per heavy atom. The second-order valence-corrected chi connectivity index (χ2v) is 8.61. The highest BCUT2D eigenvalue weighted by atomic mass is 32.2. The Hall–Kier alpha value is -3.23. The number of rotatable bonds is 9. The minimum absolute atomic E-state index is 0.00490. The summed E-state index contributed by atoms with van der Waals surface area (Å²) in [6, 6.07) is 21.0. The molecule has 0 aliphatic heterocycles. The molecule has 0 fully saturated rings. The van der Waals surface area contributed by atoms with E-state index in [0.717, 1.165) is 5.56 Å². The molecule has 3 aromatic carbocycles. The zero-order valence-electron chi connectivity index (χ0n) is 17.0. The highest BCUT2D eigenvalue weighted by molar-refractivity contribution is 7.89. The maximum absolute atomic E-state index is 13.6. The fourth-order valence-corrected chi connectivity index (χ4v) is 3.89. The van der Waals surface area contributed by atoms with Crippen LogP contribution >= 0.6 is 0 Å². The first kappa shape index (κ1) is 22.5. The lowest BCUT2D eigenvalue weighted by Crippen LogP contribution is -2.31. The summed E-state index contributed by atoms with van der Waals surface area (Å²) in [6.45, 7) is 0.449. The number of hydrogen-bond donors (Lipinski definition) is 1. The average molecular weight is 443 g/mol.